The van der Waals surface area contributed by atoms with E-state index in [1.807, 2.05) is 17.5 Å². The van der Waals surface area contributed by atoms with Crippen molar-refractivity contribution in [1.29, 1.82) is 0 Å². The van der Waals surface area contributed by atoms with E-state index in [0.29, 0.717) is 6.54 Å². The van der Waals surface area contributed by atoms with Crippen molar-refractivity contribution in [2.45, 2.75) is 19.9 Å². The predicted molar refractivity (Wildman–Crippen MR) is 67.0 cm³/mol. The van der Waals surface area contributed by atoms with Gasteiger partial charge in [0.2, 0.25) is 0 Å². The molecule has 0 atom stereocenters. The second-order valence-corrected chi connectivity index (χ2v) is 5.17. The van der Waals surface area contributed by atoms with Gasteiger partial charge in [-0.2, -0.15) is 0 Å². The standard InChI is InChI=1S/C11H12N2OS2/c1-2-9-3-4-10(16-9)11(14)12-5-8-6-15-7-13-8/h3-4,6-7H,2,5H2,1H3,(H,12,14). The first kappa shape index (κ1) is 11.3. The van der Waals surface area contributed by atoms with Crippen LogP contribution >= 0.6 is 22.7 Å². The third kappa shape index (κ3) is 2.68. The average molecular weight is 252 g/mol. The summed E-state index contributed by atoms with van der Waals surface area (Å²) in [4.78, 5) is 17.9. The van der Waals surface area contributed by atoms with Crippen molar-refractivity contribution in [1.82, 2.24) is 10.3 Å². The number of aryl methyl sites for hydroxylation is 1. The molecule has 0 aromatic carbocycles. The third-order valence-electron chi connectivity index (χ3n) is 2.15. The molecule has 3 nitrogen and oxygen atoms in total. The molecular weight excluding hydrogens is 240 g/mol. The number of thiophene rings is 1. The van der Waals surface area contributed by atoms with E-state index in [2.05, 4.69) is 17.2 Å². The lowest BCUT2D eigenvalue weighted by atomic mass is 10.3. The lowest BCUT2D eigenvalue weighted by Crippen LogP contribution is -2.21. The predicted octanol–water partition coefficient (Wildman–Crippen LogP) is 2.70. The molecule has 1 amide bonds. The molecule has 0 aliphatic rings. The van der Waals surface area contributed by atoms with E-state index in [-0.39, 0.29) is 5.91 Å². The summed E-state index contributed by atoms with van der Waals surface area (Å²) in [7, 11) is 0. The smallest absolute Gasteiger partial charge is 0.261 e. The number of carbonyl (C=O) groups excluding carboxylic acids is 1. The normalized spacial score (nSPS) is 10.3. The zero-order chi connectivity index (χ0) is 11.4. The fourth-order valence-electron chi connectivity index (χ4n) is 1.27. The van der Waals surface area contributed by atoms with Crippen LogP contribution in [0.5, 0.6) is 0 Å². The molecule has 0 spiro atoms. The molecule has 0 saturated heterocycles. The molecule has 2 aromatic rings. The topological polar surface area (TPSA) is 42.0 Å². The maximum atomic E-state index is 11.7. The molecule has 2 rings (SSSR count). The Morgan fingerprint density at radius 2 is 2.38 bits per heavy atom. The van der Waals surface area contributed by atoms with Gasteiger partial charge in [-0.15, -0.1) is 22.7 Å². The first-order valence-corrected chi connectivity index (χ1v) is 6.79. The van der Waals surface area contributed by atoms with Crippen LogP contribution in [0.4, 0.5) is 0 Å². The van der Waals surface area contributed by atoms with Gasteiger partial charge in [0, 0.05) is 10.3 Å². The highest BCUT2D eigenvalue weighted by Gasteiger charge is 2.08. The van der Waals surface area contributed by atoms with Gasteiger partial charge >= 0.3 is 0 Å². The molecule has 0 saturated carbocycles. The first-order chi connectivity index (χ1) is 7.79. The lowest BCUT2D eigenvalue weighted by molar-refractivity contribution is 0.0954. The number of aromatic nitrogens is 1. The second-order valence-electron chi connectivity index (χ2n) is 3.28. The molecule has 0 unspecified atom stereocenters. The van der Waals surface area contributed by atoms with Gasteiger partial charge in [0.1, 0.15) is 0 Å². The summed E-state index contributed by atoms with van der Waals surface area (Å²) in [5.41, 5.74) is 2.67. The van der Waals surface area contributed by atoms with Crippen LogP contribution in [-0.2, 0) is 13.0 Å². The molecule has 0 fully saturated rings. The van der Waals surface area contributed by atoms with Crippen molar-refractivity contribution >= 4 is 28.6 Å². The fourth-order valence-corrected chi connectivity index (χ4v) is 2.69. The number of nitrogens with zero attached hydrogens (tertiary/aromatic N) is 1. The number of carbonyl (C=O) groups is 1. The van der Waals surface area contributed by atoms with Gasteiger partial charge in [-0.05, 0) is 18.6 Å². The minimum absolute atomic E-state index is 0.0160. The SMILES string of the molecule is CCc1ccc(C(=O)NCc2cscn2)s1. The van der Waals surface area contributed by atoms with Crippen LogP contribution in [0, 0.1) is 0 Å². The highest BCUT2D eigenvalue weighted by atomic mass is 32.1. The number of hydrogen-bond acceptors (Lipinski definition) is 4. The van der Waals surface area contributed by atoms with E-state index in [9.17, 15) is 4.79 Å². The summed E-state index contributed by atoms with van der Waals surface area (Å²) < 4.78 is 0. The molecule has 0 aliphatic heterocycles. The quantitative estimate of drug-likeness (QED) is 0.909. The van der Waals surface area contributed by atoms with Gasteiger partial charge < -0.3 is 5.32 Å². The van der Waals surface area contributed by atoms with Crippen molar-refractivity contribution < 1.29 is 4.79 Å². The lowest BCUT2D eigenvalue weighted by Gasteiger charge is -1.99. The maximum absolute atomic E-state index is 11.7. The molecule has 0 aliphatic carbocycles. The van der Waals surface area contributed by atoms with Crippen LogP contribution in [0.25, 0.3) is 0 Å². The Morgan fingerprint density at radius 1 is 1.50 bits per heavy atom. The third-order valence-corrected chi connectivity index (χ3v) is 4.01. The van der Waals surface area contributed by atoms with Crippen LogP contribution in [0.2, 0.25) is 0 Å². The Bertz CT molecular complexity index is 462. The Labute approximate surface area is 102 Å². The van der Waals surface area contributed by atoms with E-state index >= 15 is 0 Å². The van der Waals surface area contributed by atoms with Gasteiger partial charge in [0.05, 0.1) is 22.6 Å². The summed E-state index contributed by atoms with van der Waals surface area (Å²) in [6.07, 6.45) is 0.976. The highest BCUT2D eigenvalue weighted by Crippen LogP contribution is 2.16. The molecule has 0 radical (unpaired) electrons. The molecular formula is C11H12N2OS2. The first-order valence-electron chi connectivity index (χ1n) is 5.03. The van der Waals surface area contributed by atoms with Crippen LogP contribution in [-0.4, -0.2) is 10.9 Å². The monoisotopic (exact) mass is 252 g/mol. The number of rotatable bonds is 4. The zero-order valence-corrected chi connectivity index (χ0v) is 10.5. The van der Waals surface area contributed by atoms with E-state index < -0.39 is 0 Å². The number of hydrogen-bond donors (Lipinski definition) is 1. The van der Waals surface area contributed by atoms with Crippen molar-refractivity contribution in [3.8, 4) is 0 Å². The molecule has 5 heteroatoms. The van der Waals surface area contributed by atoms with E-state index in [1.54, 1.807) is 16.8 Å². The summed E-state index contributed by atoms with van der Waals surface area (Å²) in [5, 5.41) is 4.79. The molecule has 2 aromatic heterocycles. The largest absolute Gasteiger partial charge is 0.346 e. The van der Waals surface area contributed by atoms with Crippen LogP contribution in [0.15, 0.2) is 23.0 Å². The van der Waals surface area contributed by atoms with Gasteiger partial charge in [0.15, 0.2) is 0 Å². The van der Waals surface area contributed by atoms with Crippen LogP contribution < -0.4 is 5.32 Å². The Balaban J connectivity index is 1.93. The van der Waals surface area contributed by atoms with Gasteiger partial charge in [-0.25, -0.2) is 4.98 Å². The van der Waals surface area contributed by atoms with Gasteiger partial charge in [-0.3, -0.25) is 4.79 Å². The molecule has 84 valence electrons. The highest BCUT2D eigenvalue weighted by molar-refractivity contribution is 7.14. The summed E-state index contributed by atoms with van der Waals surface area (Å²) in [6.45, 7) is 2.59. The molecule has 16 heavy (non-hydrogen) atoms. The minimum Gasteiger partial charge on any atom is -0.346 e. The van der Waals surface area contributed by atoms with Crippen molar-refractivity contribution in [3.63, 3.8) is 0 Å². The Kier molecular flexibility index (Phi) is 3.69. The summed E-state index contributed by atoms with van der Waals surface area (Å²) >= 11 is 3.08. The van der Waals surface area contributed by atoms with E-state index in [1.165, 1.54) is 16.2 Å². The van der Waals surface area contributed by atoms with Crippen LogP contribution in [0.3, 0.4) is 0 Å². The van der Waals surface area contributed by atoms with Crippen molar-refractivity contribution in [3.05, 3.63) is 38.5 Å². The maximum Gasteiger partial charge on any atom is 0.261 e. The van der Waals surface area contributed by atoms with Crippen LogP contribution in [0.1, 0.15) is 27.2 Å². The zero-order valence-electron chi connectivity index (χ0n) is 8.90. The van der Waals surface area contributed by atoms with E-state index in [0.717, 1.165) is 17.0 Å². The van der Waals surface area contributed by atoms with Gasteiger partial charge in [0.25, 0.3) is 5.91 Å². The summed E-state index contributed by atoms with van der Waals surface area (Å²) in [6, 6.07) is 3.88. The summed E-state index contributed by atoms with van der Waals surface area (Å²) in [5.74, 6) is -0.0160. The fraction of sp³-hybridized carbons (Fsp3) is 0.273. The van der Waals surface area contributed by atoms with Gasteiger partial charge in [-0.1, -0.05) is 6.92 Å². The second kappa shape index (κ2) is 5.23. The molecule has 2 heterocycles. The molecule has 1 N–H and O–H groups in total. The van der Waals surface area contributed by atoms with Crippen molar-refractivity contribution in [2.24, 2.45) is 0 Å². The number of thiazole rings is 1. The Hall–Kier alpha value is -1.20. The molecule has 0 bridgehead atoms. The Morgan fingerprint density at radius 3 is 3.00 bits per heavy atom. The average Bonchev–Trinajstić information content (AvgIpc) is 2.96. The van der Waals surface area contributed by atoms with Crippen molar-refractivity contribution in [2.75, 3.05) is 0 Å². The minimum atomic E-state index is -0.0160. The number of amides is 1. The van der Waals surface area contributed by atoms with E-state index in [4.69, 9.17) is 0 Å². The number of nitrogens with one attached hydrogen (secondary N) is 1.